The molecule has 0 spiro atoms. The zero-order valence-corrected chi connectivity index (χ0v) is 27.5. The number of carbonyl (C=O) groups excluding carboxylic acids is 1. The average Bonchev–Trinajstić information content (AvgIpc) is 3.43. The van der Waals surface area contributed by atoms with Gasteiger partial charge >= 0.3 is 6.18 Å². The third kappa shape index (κ3) is 8.01. The first-order valence-corrected chi connectivity index (χ1v) is 16.6. The van der Waals surface area contributed by atoms with Crippen molar-refractivity contribution in [1.82, 2.24) is 25.5 Å². The van der Waals surface area contributed by atoms with E-state index in [1.165, 1.54) is 23.5 Å². The molecule has 0 bridgehead atoms. The summed E-state index contributed by atoms with van der Waals surface area (Å²) in [4.78, 5) is 15.2. The largest absolute Gasteiger partial charge is 0.416 e. The van der Waals surface area contributed by atoms with E-state index in [4.69, 9.17) is 37.8 Å². The molecule has 8 nitrogen and oxygen atoms in total. The van der Waals surface area contributed by atoms with Crippen molar-refractivity contribution < 1.29 is 27.4 Å². The highest BCUT2D eigenvalue weighted by Crippen LogP contribution is 2.37. The highest BCUT2D eigenvalue weighted by molar-refractivity contribution is 7.16. The summed E-state index contributed by atoms with van der Waals surface area (Å²) in [5, 5.41) is 10.8. The number of alkyl halides is 3. The number of hydrogen-bond acceptors (Lipinski definition) is 7. The molecule has 2 N–H and O–H groups in total. The summed E-state index contributed by atoms with van der Waals surface area (Å²) in [6.45, 7) is 4.09. The van der Waals surface area contributed by atoms with Crippen molar-refractivity contribution in [2.75, 3.05) is 19.7 Å². The number of nitrogens with zero attached hydrogens (tertiary/aromatic N) is 3. The summed E-state index contributed by atoms with van der Waals surface area (Å²) < 4.78 is 51.7. The number of thiophene rings is 1. The van der Waals surface area contributed by atoms with E-state index in [0.717, 1.165) is 49.4 Å². The van der Waals surface area contributed by atoms with Crippen LogP contribution in [-0.4, -0.2) is 52.9 Å². The second-order valence-electron chi connectivity index (χ2n) is 10.9. The fourth-order valence-electron chi connectivity index (χ4n) is 5.23. The molecular formula is C33H30Cl2F3N5O3S. The van der Waals surface area contributed by atoms with E-state index in [9.17, 15) is 18.0 Å². The van der Waals surface area contributed by atoms with Crippen molar-refractivity contribution >= 4 is 40.4 Å². The molecule has 1 amide bonds. The van der Waals surface area contributed by atoms with Gasteiger partial charge in [0, 0.05) is 42.4 Å². The summed E-state index contributed by atoms with van der Waals surface area (Å²) in [5.41, 5.74) is 4.69. The van der Waals surface area contributed by atoms with Gasteiger partial charge in [-0.1, -0.05) is 41.5 Å². The first-order valence-electron chi connectivity index (χ1n) is 15.0. The van der Waals surface area contributed by atoms with Gasteiger partial charge in [0.05, 0.1) is 31.7 Å². The predicted molar refractivity (Wildman–Crippen MR) is 174 cm³/mol. The van der Waals surface area contributed by atoms with Gasteiger partial charge in [0.25, 0.3) is 5.91 Å². The van der Waals surface area contributed by atoms with Crippen LogP contribution in [0.5, 0.6) is 0 Å². The van der Waals surface area contributed by atoms with Gasteiger partial charge in [-0.3, -0.25) is 15.5 Å². The van der Waals surface area contributed by atoms with Crippen molar-refractivity contribution in [3.05, 3.63) is 91.9 Å². The van der Waals surface area contributed by atoms with Crippen LogP contribution in [-0.2, 0) is 22.2 Å². The Balaban J connectivity index is 1.39. The van der Waals surface area contributed by atoms with Gasteiger partial charge in [0.15, 0.2) is 18.2 Å². The Bertz CT molecular complexity index is 1810. The maximum atomic E-state index is 13.8. The minimum absolute atomic E-state index is 0.212. The molecule has 4 heterocycles. The second-order valence-corrected chi connectivity index (χ2v) is 12.8. The first-order chi connectivity index (χ1) is 22.6. The third-order valence-electron chi connectivity index (χ3n) is 7.60. The zero-order valence-electron chi connectivity index (χ0n) is 25.2. The number of nitrogens with one attached hydrogen (secondary N) is 2. The average molecular weight is 705 g/mol. The Morgan fingerprint density at radius 2 is 1.85 bits per heavy atom. The van der Waals surface area contributed by atoms with Crippen LogP contribution in [0, 0.1) is 11.8 Å². The predicted octanol–water partition coefficient (Wildman–Crippen LogP) is 7.27. The third-order valence-corrected chi connectivity index (χ3v) is 9.14. The van der Waals surface area contributed by atoms with E-state index in [1.54, 1.807) is 22.9 Å². The van der Waals surface area contributed by atoms with Crippen LogP contribution >= 0.6 is 34.5 Å². The van der Waals surface area contributed by atoms with Gasteiger partial charge in [-0.05, 0) is 74.4 Å². The summed E-state index contributed by atoms with van der Waals surface area (Å²) >= 11 is 14.3. The van der Waals surface area contributed by atoms with Crippen LogP contribution < -0.4 is 10.7 Å². The van der Waals surface area contributed by atoms with E-state index in [1.807, 2.05) is 24.1 Å². The van der Waals surface area contributed by atoms with Crippen molar-refractivity contribution in [1.29, 1.82) is 0 Å². The second kappa shape index (κ2) is 14.4. The Hall–Kier alpha value is -3.41. The lowest BCUT2D eigenvalue weighted by atomic mass is 10.1. The number of carbonyl (C=O) groups is 1. The molecule has 2 aliphatic heterocycles. The molecule has 14 heteroatoms. The summed E-state index contributed by atoms with van der Waals surface area (Å²) in [6.07, 6.45) is -2.08. The normalized spacial score (nSPS) is 18.1. The number of aromatic nitrogens is 2. The van der Waals surface area contributed by atoms with Gasteiger partial charge in [-0.15, -0.1) is 11.3 Å². The van der Waals surface area contributed by atoms with Crippen molar-refractivity contribution in [2.45, 2.75) is 51.4 Å². The molecule has 4 aromatic rings. The molecular weight excluding hydrogens is 674 g/mol. The minimum atomic E-state index is -4.42. The highest BCUT2D eigenvalue weighted by Gasteiger charge is 2.40. The Morgan fingerprint density at radius 3 is 2.55 bits per heavy atom. The number of halogens is 5. The number of rotatable bonds is 9. The zero-order chi connectivity index (χ0) is 33.1. The van der Waals surface area contributed by atoms with Crippen LogP contribution in [0.25, 0.3) is 16.3 Å². The molecule has 2 fully saturated rings. The standard InChI is InChI=1S/C33H30Cl2F3N5O3S/c1-2-45-32-31(46-32)39-19-24-28(30(44)41-42-16-4-3-5-17-42)40-43(26-14-11-22(34)18-25(26)35)29(24)27-15-13-23(47-27)12-8-20-6-9-21(10-7-20)33(36,37)38/h6-7,9-11,13-15,18,31-32,39H,2-5,16-17,19H2,1H3,(H,41,44). The molecule has 2 unspecified atom stereocenters. The van der Waals surface area contributed by atoms with Crippen molar-refractivity contribution in [2.24, 2.45) is 0 Å². The van der Waals surface area contributed by atoms with Crippen molar-refractivity contribution in [3.63, 3.8) is 0 Å². The first kappa shape index (κ1) is 33.5. The fourth-order valence-corrected chi connectivity index (χ4v) is 6.63. The lowest BCUT2D eigenvalue weighted by Crippen LogP contribution is -2.45. The van der Waals surface area contributed by atoms with Gasteiger partial charge in [-0.25, -0.2) is 9.69 Å². The number of epoxide rings is 1. The minimum Gasteiger partial charge on any atom is -0.349 e. The molecule has 2 saturated heterocycles. The number of piperidine rings is 1. The van der Waals surface area contributed by atoms with Crippen LogP contribution in [0.1, 0.15) is 58.2 Å². The molecule has 2 aliphatic rings. The van der Waals surface area contributed by atoms with Crippen LogP contribution in [0.3, 0.4) is 0 Å². The van der Waals surface area contributed by atoms with E-state index >= 15 is 0 Å². The smallest absolute Gasteiger partial charge is 0.349 e. The molecule has 0 saturated carbocycles. The van der Waals surface area contributed by atoms with E-state index < -0.39 is 11.7 Å². The monoisotopic (exact) mass is 703 g/mol. The summed E-state index contributed by atoms with van der Waals surface area (Å²) in [6, 6.07) is 13.4. The topological polar surface area (TPSA) is 83.9 Å². The quantitative estimate of drug-likeness (QED) is 0.141. The molecule has 47 heavy (non-hydrogen) atoms. The lowest BCUT2D eigenvalue weighted by Gasteiger charge is -2.26. The van der Waals surface area contributed by atoms with Gasteiger partial charge in [0.2, 0.25) is 0 Å². The molecule has 2 aromatic heterocycles. The van der Waals surface area contributed by atoms with Gasteiger partial charge < -0.3 is 9.47 Å². The fraction of sp³-hybridized carbons (Fsp3) is 0.333. The molecule has 246 valence electrons. The summed E-state index contributed by atoms with van der Waals surface area (Å²) in [5.74, 6) is 5.63. The van der Waals surface area contributed by atoms with Crippen molar-refractivity contribution in [3.8, 4) is 28.1 Å². The van der Waals surface area contributed by atoms with Crippen LogP contribution in [0.15, 0.2) is 54.6 Å². The molecule has 0 aliphatic carbocycles. The van der Waals surface area contributed by atoms with E-state index in [0.29, 0.717) is 44.0 Å². The van der Waals surface area contributed by atoms with E-state index in [-0.39, 0.29) is 30.7 Å². The lowest BCUT2D eigenvalue weighted by molar-refractivity contribution is -0.137. The molecule has 0 radical (unpaired) electrons. The van der Waals surface area contributed by atoms with Gasteiger partial charge in [-0.2, -0.15) is 18.3 Å². The maximum Gasteiger partial charge on any atom is 0.416 e. The highest BCUT2D eigenvalue weighted by atomic mass is 35.5. The SMILES string of the molecule is CCOC1OC1NCc1c(C(=O)NN2CCCCC2)nn(-c2ccc(Cl)cc2Cl)c1-c1ccc(C#Cc2ccc(C(F)(F)F)cc2)s1. The number of benzene rings is 2. The van der Waals surface area contributed by atoms with Crippen LogP contribution in [0.4, 0.5) is 13.2 Å². The number of ether oxygens (including phenoxy) is 2. The molecule has 2 atom stereocenters. The Labute approximate surface area is 283 Å². The van der Waals surface area contributed by atoms with E-state index in [2.05, 4.69) is 22.6 Å². The Morgan fingerprint density at radius 1 is 1.09 bits per heavy atom. The van der Waals surface area contributed by atoms with Gasteiger partial charge in [0.1, 0.15) is 0 Å². The maximum absolute atomic E-state index is 13.8. The van der Waals surface area contributed by atoms with Crippen LogP contribution in [0.2, 0.25) is 10.0 Å². The molecule has 2 aromatic carbocycles. The number of hydrogen-bond donors (Lipinski definition) is 2. The summed E-state index contributed by atoms with van der Waals surface area (Å²) in [7, 11) is 0. The number of amides is 1. The molecule has 6 rings (SSSR count). The number of hydrazine groups is 1. The Kier molecular flexibility index (Phi) is 10.2.